The topological polar surface area (TPSA) is 98.0 Å². The molecule has 3 N–H and O–H groups in total. The summed E-state index contributed by atoms with van der Waals surface area (Å²) >= 11 is 0. The maximum absolute atomic E-state index is 11.3. The van der Waals surface area contributed by atoms with Gasteiger partial charge in [-0.15, -0.1) is 0 Å². The minimum Gasteiger partial charge on any atom is -0.384 e. The van der Waals surface area contributed by atoms with Crippen LogP contribution in [0.4, 0.5) is 11.6 Å². The standard InChI is InChI=1S/C14H18N4O2S/c1-10(9-21(2,19)20)16-13-8-12(15)17-14(18-13)11-6-4-3-5-7-11/h3-8,10H,9H2,1-2H3,(H3,15,16,17,18). The van der Waals surface area contributed by atoms with Gasteiger partial charge in [0, 0.05) is 23.9 Å². The maximum atomic E-state index is 11.3. The summed E-state index contributed by atoms with van der Waals surface area (Å²) in [5.41, 5.74) is 6.64. The summed E-state index contributed by atoms with van der Waals surface area (Å²) in [6.07, 6.45) is 1.20. The first kappa shape index (κ1) is 15.2. The molecule has 1 aromatic carbocycles. The van der Waals surface area contributed by atoms with Gasteiger partial charge in [-0.1, -0.05) is 30.3 Å². The second-order valence-corrected chi connectivity index (χ2v) is 7.19. The van der Waals surface area contributed by atoms with Gasteiger partial charge in [-0.2, -0.15) is 0 Å². The molecule has 1 unspecified atom stereocenters. The third-order valence-electron chi connectivity index (χ3n) is 2.72. The van der Waals surface area contributed by atoms with Crippen LogP contribution in [0.25, 0.3) is 11.4 Å². The summed E-state index contributed by atoms with van der Waals surface area (Å²) in [5, 5.41) is 3.04. The highest BCUT2D eigenvalue weighted by Crippen LogP contribution is 2.19. The summed E-state index contributed by atoms with van der Waals surface area (Å²) in [4.78, 5) is 8.57. The first-order valence-electron chi connectivity index (χ1n) is 6.48. The minimum absolute atomic E-state index is 0.0254. The Morgan fingerprint density at radius 2 is 1.90 bits per heavy atom. The molecule has 7 heteroatoms. The van der Waals surface area contributed by atoms with Crippen LogP contribution in [0.2, 0.25) is 0 Å². The van der Waals surface area contributed by atoms with Crippen molar-refractivity contribution >= 4 is 21.5 Å². The van der Waals surface area contributed by atoms with E-state index in [9.17, 15) is 8.42 Å². The van der Waals surface area contributed by atoms with Gasteiger partial charge in [-0.3, -0.25) is 0 Å². The molecule has 0 saturated carbocycles. The molecule has 2 aromatic rings. The number of nitrogen functional groups attached to an aromatic ring is 1. The van der Waals surface area contributed by atoms with Gasteiger partial charge in [-0.05, 0) is 6.92 Å². The van der Waals surface area contributed by atoms with E-state index in [-0.39, 0.29) is 11.8 Å². The number of nitrogens with one attached hydrogen (secondary N) is 1. The number of rotatable bonds is 5. The zero-order chi connectivity index (χ0) is 15.5. The molecule has 0 radical (unpaired) electrons. The first-order valence-corrected chi connectivity index (χ1v) is 8.54. The van der Waals surface area contributed by atoms with Crippen molar-refractivity contribution in [2.24, 2.45) is 0 Å². The lowest BCUT2D eigenvalue weighted by molar-refractivity contribution is 0.598. The molecular formula is C14H18N4O2S. The molecule has 0 bridgehead atoms. The smallest absolute Gasteiger partial charge is 0.163 e. The summed E-state index contributed by atoms with van der Waals surface area (Å²) in [6.45, 7) is 1.78. The first-order chi connectivity index (χ1) is 9.83. The van der Waals surface area contributed by atoms with Crippen LogP contribution in [0, 0.1) is 0 Å². The Labute approximate surface area is 124 Å². The second-order valence-electron chi connectivity index (χ2n) is 5.01. The Morgan fingerprint density at radius 3 is 2.52 bits per heavy atom. The lowest BCUT2D eigenvalue weighted by Gasteiger charge is -2.14. The maximum Gasteiger partial charge on any atom is 0.163 e. The van der Waals surface area contributed by atoms with E-state index in [1.165, 1.54) is 6.26 Å². The van der Waals surface area contributed by atoms with Crippen molar-refractivity contribution < 1.29 is 8.42 Å². The van der Waals surface area contributed by atoms with Gasteiger partial charge in [-0.25, -0.2) is 18.4 Å². The number of benzene rings is 1. The summed E-state index contributed by atoms with van der Waals surface area (Å²) in [6, 6.07) is 10.8. The molecule has 0 aliphatic carbocycles. The van der Waals surface area contributed by atoms with Crippen molar-refractivity contribution in [2.75, 3.05) is 23.1 Å². The molecule has 112 valence electrons. The Balaban J connectivity index is 2.24. The van der Waals surface area contributed by atoms with Gasteiger partial charge < -0.3 is 11.1 Å². The number of anilines is 2. The van der Waals surface area contributed by atoms with Crippen molar-refractivity contribution in [3.8, 4) is 11.4 Å². The summed E-state index contributed by atoms with van der Waals surface area (Å²) in [5.74, 6) is 1.37. The Bertz CT molecular complexity index is 717. The van der Waals surface area contributed by atoms with Crippen LogP contribution in [0.3, 0.4) is 0 Å². The van der Waals surface area contributed by atoms with Gasteiger partial charge in [0.25, 0.3) is 0 Å². The van der Waals surface area contributed by atoms with E-state index in [1.807, 2.05) is 30.3 Å². The van der Waals surface area contributed by atoms with Crippen LogP contribution in [0.5, 0.6) is 0 Å². The van der Waals surface area contributed by atoms with Crippen LogP contribution in [0.15, 0.2) is 36.4 Å². The van der Waals surface area contributed by atoms with Crippen molar-refractivity contribution in [2.45, 2.75) is 13.0 Å². The highest BCUT2D eigenvalue weighted by molar-refractivity contribution is 7.90. The SMILES string of the molecule is CC(CS(C)(=O)=O)Nc1cc(N)nc(-c2ccccc2)n1. The molecule has 1 atom stereocenters. The lowest BCUT2D eigenvalue weighted by atomic mass is 10.2. The minimum atomic E-state index is -3.05. The number of sulfone groups is 1. The largest absolute Gasteiger partial charge is 0.384 e. The van der Waals surface area contributed by atoms with Gasteiger partial charge in [0.2, 0.25) is 0 Å². The normalized spacial score (nSPS) is 12.9. The predicted molar refractivity (Wildman–Crippen MR) is 84.7 cm³/mol. The lowest BCUT2D eigenvalue weighted by Crippen LogP contribution is -2.25. The van der Waals surface area contributed by atoms with Crippen LogP contribution < -0.4 is 11.1 Å². The predicted octanol–water partition coefficient (Wildman–Crippen LogP) is 1.57. The van der Waals surface area contributed by atoms with E-state index in [0.717, 1.165) is 5.56 Å². The highest BCUT2D eigenvalue weighted by Gasteiger charge is 2.12. The molecule has 2 rings (SSSR count). The van der Waals surface area contributed by atoms with E-state index in [0.29, 0.717) is 17.5 Å². The molecule has 1 aromatic heterocycles. The fraction of sp³-hybridized carbons (Fsp3) is 0.286. The molecule has 0 saturated heterocycles. The van der Waals surface area contributed by atoms with Gasteiger partial charge in [0.05, 0.1) is 5.75 Å². The van der Waals surface area contributed by atoms with E-state index in [1.54, 1.807) is 13.0 Å². The third kappa shape index (κ3) is 4.71. The number of nitrogens with two attached hydrogens (primary N) is 1. The van der Waals surface area contributed by atoms with Crippen molar-refractivity contribution in [3.05, 3.63) is 36.4 Å². The van der Waals surface area contributed by atoms with Crippen molar-refractivity contribution in [1.82, 2.24) is 9.97 Å². The zero-order valence-electron chi connectivity index (χ0n) is 11.9. The van der Waals surface area contributed by atoms with Crippen LogP contribution in [0.1, 0.15) is 6.92 Å². The van der Waals surface area contributed by atoms with Gasteiger partial charge in [0.1, 0.15) is 21.5 Å². The van der Waals surface area contributed by atoms with Crippen molar-refractivity contribution in [3.63, 3.8) is 0 Å². The van der Waals surface area contributed by atoms with Crippen LogP contribution in [-0.2, 0) is 9.84 Å². The molecule has 0 aliphatic rings. The Morgan fingerprint density at radius 1 is 1.24 bits per heavy atom. The average Bonchev–Trinajstić information content (AvgIpc) is 2.36. The van der Waals surface area contributed by atoms with Gasteiger partial charge >= 0.3 is 0 Å². The molecule has 0 amide bonds. The highest BCUT2D eigenvalue weighted by atomic mass is 32.2. The quantitative estimate of drug-likeness (QED) is 0.870. The molecule has 1 heterocycles. The monoisotopic (exact) mass is 306 g/mol. The molecule has 6 nitrogen and oxygen atoms in total. The Hall–Kier alpha value is -2.15. The molecule has 21 heavy (non-hydrogen) atoms. The number of hydrogen-bond donors (Lipinski definition) is 2. The number of nitrogens with zero attached hydrogens (tertiary/aromatic N) is 2. The van der Waals surface area contributed by atoms with E-state index < -0.39 is 9.84 Å². The zero-order valence-corrected chi connectivity index (χ0v) is 12.8. The molecule has 0 spiro atoms. The van der Waals surface area contributed by atoms with Crippen molar-refractivity contribution in [1.29, 1.82) is 0 Å². The van der Waals surface area contributed by atoms with E-state index in [2.05, 4.69) is 15.3 Å². The van der Waals surface area contributed by atoms with E-state index >= 15 is 0 Å². The van der Waals surface area contributed by atoms with E-state index in [4.69, 9.17) is 5.73 Å². The molecule has 0 fully saturated rings. The second kappa shape index (κ2) is 6.09. The van der Waals surface area contributed by atoms with Gasteiger partial charge in [0.15, 0.2) is 5.82 Å². The van der Waals surface area contributed by atoms with Crippen LogP contribution in [-0.4, -0.2) is 36.4 Å². The fourth-order valence-electron chi connectivity index (χ4n) is 2.00. The third-order valence-corrected chi connectivity index (χ3v) is 3.83. The molecular weight excluding hydrogens is 288 g/mol. The fourth-order valence-corrected chi connectivity index (χ4v) is 3.00. The average molecular weight is 306 g/mol. The Kier molecular flexibility index (Phi) is 4.42. The summed E-state index contributed by atoms with van der Waals surface area (Å²) < 4.78 is 22.6. The summed E-state index contributed by atoms with van der Waals surface area (Å²) in [7, 11) is -3.05. The molecule has 0 aliphatic heterocycles. The van der Waals surface area contributed by atoms with Crippen LogP contribution >= 0.6 is 0 Å². The number of aromatic nitrogens is 2. The number of hydrogen-bond acceptors (Lipinski definition) is 6.